The van der Waals surface area contributed by atoms with Gasteiger partial charge in [-0.2, -0.15) is 0 Å². The van der Waals surface area contributed by atoms with E-state index in [-0.39, 0.29) is 0 Å². The molecule has 2 nitrogen and oxygen atoms in total. The largest absolute Gasteiger partial charge is 0.321 e. The van der Waals surface area contributed by atoms with Crippen LogP contribution in [0.15, 0.2) is 30.9 Å². The minimum atomic E-state index is 1.02. The van der Waals surface area contributed by atoms with E-state index in [1.165, 1.54) is 0 Å². The molecule has 0 aliphatic heterocycles. The fourth-order valence-corrected chi connectivity index (χ4v) is 1.02. The van der Waals surface area contributed by atoms with Crippen molar-refractivity contribution >= 4 is 5.52 Å². The van der Waals surface area contributed by atoms with Gasteiger partial charge >= 0.3 is 0 Å². The lowest BCUT2D eigenvalue weighted by molar-refractivity contribution is 1.14. The molecule has 0 spiro atoms. The van der Waals surface area contributed by atoms with E-state index < -0.39 is 0 Å². The van der Waals surface area contributed by atoms with Gasteiger partial charge in [-0.1, -0.05) is 0 Å². The number of hydrogen-bond donors (Lipinski definition) is 0. The Bertz CT molecular complexity index is 316. The fraction of sp³-hybridized carbons (Fsp3) is 0. The van der Waals surface area contributed by atoms with Gasteiger partial charge in [0.05, 0.1) is 11.7 Å². The van der Waals surface area contributed by atoms with E-state index in [9.17, 15) is 0 Å². The van der Waals surface area contributed by atoms with Gasteiger partial charge < -0.3 is 4.40 Å². The summed E-state index contributed by atoms with van der Waals surface area (Å²) in [4.78, 5) is 3.98. The maximum atomic E-state index is 3.98. The van der Waals surface area contributed by atoms with Crippen LogP contribution in [0.3, 0.4) is 0 Å². The van der Waals surface area contributed by atoms with Crippen molar-refractivity contribution in [1.29, 1.82) is 0 Å². The monoisotopic (exact) mass is 131 g/mol. The van der Waals surface area contributed by atoms with E-state index in [0.29, 0.717) is 0 Å². The van der Waals surface area contributed by atoms with E-state index in [2.05, 4.69) is 11.9 Å². The predicted molar refractivity (Wildman–Crippen MR) is 39.7 cm³/mol. The summed E-state index contributed by atoms with van der Waals surface area (Å²) in [6, 6.07) is 1.99. The number of nitrogens with zero attached hydrogens (tertiary/aromatic N) is 2. The average molecular weight is 131 g/mol. The molecule has 49 valence electrons. The van der Waals surface area contributed by atoms with Crippen LogP contribution in [0.2, 0.25) is 0 Å². The van der Waals surface area contributed by atoms with Crippen LogP contribution in [0.25, 0.3) is 5.52 Å². The van der Waals surface area contributed by atoms with Crippen molar-refractivity contribution in [2.45, 2.75) is 0 Å². The summed E-state index contributed by atoms with van der Waals surface area (Å²) >= 11 is 0. The van der Waals surface area contributed by atoms with Crippen LogP contribution in [0.4, 0.5) is 0 Å². The molecule has 0 N–H and O–H groups in total. The fourth-order valence-electron chi connectivity index (χ4n) is 1.02. The van der Waals surface area contributed by atoms with Crippen LogP contribution in [0.5, 0.6) is 0 Å². The molecule has 0 fully saturated rings. The predicted octanol–water partition coefficient (Wildman–Crippen LogP) is 1.52. The molecule has 0 saturated carbocycles. The van der Waals surface area contributed by atoms with Crippen molar-refractivity contribution in [2.75, 3.05) is 0 Å². The molecular formula is C8H7N2. The third-order valence-corrected chi connectivity index (χ3v) is 1.46. The number of aromatic nitrogens is 2. The lowest BCUT2D eigenvalue weighted by Gasteiger charge is -1.88. The summed E-state index contributed by atoms with van der Waals surface area (Å²) in [5, 5.41) is 0. The van der Waals surface area contributed by atoms with Crippen LogP contribution >= 0.6 is 0 Å². The Hall–Kier alpha value is -1.31. The Kier molecular flexibility index (Phi) is 1.01. The van der Waals surface area contributed by atoms with Crippen LogP contribution in [0.1, 0.15) is 5.56 Å². The molecule has 2 aromatic rings. The molecule has 0 aliphatic rings. The number of hydrogen-bond acceptors (Lipinski definition) is 1. The average Bonchev–Trinajstić information content (AvgIpc) is 2.27. The first kappa shape index (κ1) is 5.47. The molecule has 0 saturated heterocycles. The zero-order chi connectivity index (χ0) is 6.97. The van der Waals surface area contributed by atoms with Gasteiger partial charge in [0.25, 0.3) is 0 Å². The van der Waals surface area contributed by atoms with Crippen molar-refractivity contribution in [3.05, 3.63) is 43.3 Å². The van der Waals surface area contributed by atoms with E-state index in [0.717, 1.165) is 11.1 Å². The third-order valence-electron chi connectivity index (χ3n) is 1.46. The summed E-state index contributed by atoms with van der Waals surface area (Å²) in [6.45, 7) is 3.81. The summed E-state index contributed by atoms with van der Waals surface area (Å²) in [5.41, 5.74) is 2.11. The molecule has 2 aromatic heterocycles. The molecule has 1 radical (unpaired) electrons. The highest BCUT2D eigenvalue weighted by Crippen LogP contribution is 2.05. The molecule has 2 heterocycles. The van der Waals surface area contributed by atoms with Gasteiger partial charge in [0.15, 0.2) is 0 Å². The standard InChI is InChI=1S/C8H7N2/c1-7-4-8-5-9-2-3-10(8)6-7/h2-6H,1H2. The third kappa shape index (κ3) is 0.692. The molecule has 10 heavy (non-hydrogen) atoms. The molecule has 0 unspecified atom stereocenters. The van der Waals surface area contributed by atoms with E-state index in [1.807, 2.05) is 29.1 Å². The SMILES string of the molecule is [CH2]c1cc2cnccn2c1. The Morgan fingerprint density at radius 1 is 1.50 bits per heavy atom. The Balaban J connectivity index is 2.88. The van der Waals surface area contributed by atoms with Crippen molar-refractivity contribution in [2.24, 2.45) is 0 Å². The Morgan fingerprint density at radius 3 is 3.20 bits per heavy atom. The lowest BCUT2D eigenvalue weighted by Crippen LogP contribution is -1.79. The van der Waals surface area contributed by atoms with Crippen molar-refractivity contribution < 1.29 is 0 Å². The van der Waals surface area contributed by atoms with Gasteiger partial charge in [0.2, 0.25) is 0 Å². The highest BCUT2D eigenvalue weighted by atomic mass is 14.9. The molecule has 0 aliphatic carbocycles. The van der Waals surface area contributed by atoms with E-state index >= 15 is 0 Å². The van der Waals surface area contributed by atoms with Crippen molar-refractivity contribution in [1.82, 2.24) is 9.38 Å². The quantitative estimate of drug-likeness (QED) is 0.529. The van der Waals surface area contributed by atoms with Gasteiger partial charge in [-0.3, -0.25) is 4.98 Å². The Morgan fingerprint density at radius 2 is 2.40 bits per heavy atom. The van der Waals surface area contributed by atoms with Gasteiger partial charge in [-0.25, -0.2) is 0 Å². The highest BCUT2D eigenvalue weighted by Gasteiger charge is 1.91. The maximum Gasteiger partial charge on any atom is 0.0636 e. The highest BCUT2D eigenvalue weighted by molar-refractivity contribution is 5.48. The van der Waals surface area contributed by atoms with Crippen molar-refractivity contribution in [3.63, 3.8) is 0 Å². The number of fused-ring (bicyclic) bond motifs is 1. The summed E-state index contributed by atoms with van der Waals surface area (Å²) in [5.74, 6) is 0. The maximum absolute atomic E-state index is 3.98. The smallest absolute Gasteiger partial charge is 0.0636 e. The van der Waals surface area contributed by atoms with Gasteiger partial charge in [0.1, 0.15) is 0 Å². The molecule has 2 rings (SSSR count). The second kappa shape index (κ2) is 1.84. The molecular weight excluding hydrogens is 124 g/mol. The molecule has 0 bridgehead atoms. The second-order valence-corrected chi connectivity index (χ2v) is 2.26. The van der Waals surface area contributed by atoms with Crippen LogP contribution in [-0.4, -0.2) is 9.38 Å². The molecule has 2 heteroatoms. The summed E-state index contributed by atoms with van der Waals surface area (Å²) < 4.78 is 2.00. The van der Waals surface area contributed by atoms with Crippen LogP contribution in [0, 0.1) is 6.92 Å². The normalized spacial score (nSPS) is 10.5. The van der Waals surface area contributed by atoms with Gasteiger partial charge in [-0.15, -0.1) is 0 Å². The summed E-state index contributed by atoms with van der Waals surface area (Å²) in [6.07, 6.45) is 7.45. The van der Waals surface area contributed by atoms with Crippen LogP contribution in [-0.2, 0) is 0 Å². The first-order valence-electron chi connectivity index (χ1n) is 3.10. The first-order chi connectivity index (χ1) is 4.86. The molecule has 0 aromatic carbocycles. The summed E-state index contributed by atoms with van der Waals surface area (Å²) in [7, 11) is 0. The number of rotatable bonds is 0. The minimum absolute atomic E-state index is 1.02. The molecule has 0 atom stereocenters. The Labute approximate surface area is 59.1 Å². The van der Waals surface area contributed by atoms with E-state index in [1.54, 1.807) is 6.20 Å². The first-order valence-corrected chi connectivity index (χ1v) is 3.10. The second-order valence-electron chi connectivity index (χ2n) is 2.26. The van der Waals surface area contributed by atoms with Gasteiger partial charge in [-0.05, 0) is 18.6 Å². The topological polar surface area (TPSA) is 17.3 Å². The zero-order valence-electron chi connectivity index (χ0n) is 5.49. The zero-order valence-corrected chi connectivity index (χ0v) is 5.49. The lowest BCUT2D eigenvalue weighted by atomic mass is 10.4. The van der Waals surface area contributed by atoms with E-state index in [4.69, 9.17) is 0 Å². The van der Waals surface area contributed by atoms with Crippen molar-refractivity contribution in [3.8, 4) is 0 Å². The van der Waals surface area contributed by atoms with Gasteiger partial charge in [0, 0.05) is 18.6 Å². The minimum Gasteiger partial charge on any atom is -0.321 e. The van der Waals surface area contributed by atoms with Crippen LogP contribution < -0.4 is 0 Å². The molecule has 0 amide bonds.